The maximum Gasteiger partial charge on any atom is 0.324 e. The van der Waals surface area contributed by atoms with Crippen LogP contribution >= 0.6 is 0 Å². The Hall–Kier alpha value is -3.42. The molecule has 0 bridgehead atoms. The zero-order chi connectivity index (χ0) is 20.2. The van der Waals surface area contributed by atoms with E-state index in [0.717, 1.165) is 29.5 Å². The number of ether oxygens (including phenoxy) is 3. The van der Waals surface area contributed by atoms with Crippen molar-refractivity contribution < 1.29 is 19.0 Å². The Balaban J connectivity index is 1.49. The second-order valence-corrected chi connectivity index (χ2v) is 6.98. The maximum absolute atomic E-state index is 12.5. The van der Waals surface area contributed by atoms with E-state index in [0.29, 0.717) is 23.0 Å². The van der Waals surface area contributed by atoms with Crippen LogP contribution in [0.1, 0.15) is 25.7 Å². The van der Waals surface area contributed by atoms with E-state index in [9.17, 15) is 4.79 Å². The predicted molar refractivity (Wildman–Crippen MR) is 111 cm³/mol. The molecule has 0 atom stereocenters. The number of fused-ring (bicyclic) bond motifs is 1. The lowest BCUT2D eigenvalue weighted by molar-refractivity contribution is 0.210. The summed E-state index contributed by atoms with van der Waals surface area (Å²) in [5.41, 5.74) is 1.37. The molecule has 0 unspecified atom stereocenters. The average Bonchev–Trinajstić information content (AvgIpc) is 3.38. The van der Waals surface area contributed by atoms with Gasteiger partial charge in [0.05, 0.1) is 25.8 Å². The zero-order valence-corrected chi connectivity index (χ0v) is 16.5. The van der Waals surface area contributed by atoms with Crippen LogP contribution in [0, 0.1) is 0 Å². The molecule has 1 aliphatic rings. The summed E-state index contributed by atoms with van der Waals surface area (Å²) in [5.74, 6) is 2.38. The predicted octanol–water partition coefficient (Wildman–Crippen LogP) is 4.55. The van der Waals surface area contributed by atoms with Gasteiger partial charge in [0, 0.05) is 29.3 Å². The minimum Gasteiger partial charge on any atom is -0.497 e. The second kappa shape index (κ2) is 8.30. The summed E-state index contributed by atoms with van der Waals surface area (Å²) < 4.78 is 16.5. The van der Waals surface area contributed by atoms with Gasteiger partial charge in [-0.3, -0.25) is 10.4 Å². The number of benzene rings is 2. The number of nitrogens with zero attached hydrogens (tertiary/aromatic N) is 1. The third kappa shape index (κ3) is 4.37. The van der Waals surface area contributed by atoms with E-state index in [1.165, 1.54) is 12.8 Å². The minimum atomic E-state index is -0.421. The van der Waals surface area contributed by atoms with Gasteiger partial charge in [-0.05, 0) is 43.9 Å². The van der Waals surface area contributed by atoms with E-state index >= 15 is 0 Å². The van der Waals surface area contributed by atoms with Gasteiger partial charge in [-0.25, -0.2) is 4.79 Å². The lowest BCUT2D eigenvalue weighted by Gasteiger charge is -2.13. The highest BCUT2D eigenvalue weighted by Crippen LogP contribution is 2.30. The first-order chi connectivity index (χ1) is 14.1. The SMILES string of the molecule is COc1cc(NC(=O)Nc2n[nH]c3ccc(OC4CCCC4)cc23)cc(OC)c1. The summed E-state index contributed by atoms with van der Waals surface area (Å²) in [5, 5.41) is 13.5. The lowest BCUT2D eigenvalue weighted by atomic mass is 10.2. The summed E-state index contributed by atoms with van der Waals surface area (Å²) in [6, 6.07) is 10.5. The first kappa shape index (κ1) is 18.9. The van der Waals surface area contributed by atoms with Gasteiger partial charge < -0.3 is 19.5 Å². The third-order valence-corrected chi connectivity index (χ3v) is 4.98. The molecule has 0 aliphatic heterocycles. The summed E-state index contributed by atoms with van der Waals surface area (Å²) in [7, 11) is 3.11. The summed E-state index contributed by atoms with van der Waals surface area (Å²) in [6.45, 7) is 0. The molecular formula is C21H24N4O4. The number of methoxy groups -OCH3 is 2. The topological polar surface area (TPSA) is 97.5 Å². The highest BCUT2D eigenvalue weighted by Gasteiger charge is 2.17. The van der Waals surface area contributed by atoms with E-state index in [4.69, 9.17) is 14.2 Å². The normalized spacial score (nSPS) is 14.0. The van der Waals surface area contributed by atoms with Crippen LogP contribution < -0.4 is 24.8 Å². The smallest absolute Gasteiger partial charge is 0.324 e. The molecule has 1 fully saturated rings. The zero-order valence-electron chi connectivity index (χ0n) is 16.5. The molecule has 1 saturated carbocycles. The number of urea groups is 1. The molecule has 1 heterocycles. The van der Waals surface area contributed by atoms with Crippen LogP contribution in [-0.4, -0.2) is 36.6 Å². The number of carbonyl (C=O) groups is 1. The number of H-pyrrole nitrogens is 1. The van der Waals surface area contributed by atoms with E-state index in [1.54, 1.807) is 32.4 Å². The second-order valence-electron chi connectivity index (χ2n) is 6.98. The van der Waals surface area contributed by atoms with Crippen molar-refractivity contribution in [1.82, 2.24) is 10.2 Å². The molecule has 8 nitrogen and oxygen atoms in total. The monoisotopic (exact) mass is 396 g/mol. The number of aromatic nitrogens is 2. The van der Waals surface area contributed by atoms with Gasteiger partial charge in [-0.15, -0.1) is 0 Å². The quantitative estimate of drug-likeness (QED) is 0.568. The number of hydrogen-bond acceptors (Lipinski definition) is 5. The third-order valence-electron chi connectivity index (χ3n) is 4.98. The van der Waals surface area contributed by atoms with Crippen LogP contribution in [-0.2, 0) is 0 Å². The fourth-order valence-electron chi connectivity index (χ4n) is 3.51. The van der Waals surface area contributed by atoms with E-state index in [-0.39, 0.29) is 6.10 Å². The van der Waals surface area contributed by atoms with Crippen molar-refractivity contribution in [2.24, 2.45) is 0 Å². The minimum absolute atomic E-state index is 0.266. The maximum atomic E-state index is 12.5. The van der Waals surface area contributed by atoms with Crippen molar-refractivity contribution in [1.29, 1.82) is 0 Å². The van der Waals surface area contributed by atoms with E-state index < -0.39 is 6.03 Å². The van der Waals surface area contributed by atoms with Crippen molar-refractivity contribution >= 4 is 28.4 Å². The molecule has 2 aromatic carbocycles. The number of aromatic amines is 1. The van der Waals surface area contributed by atoms with Crippen molar-refractivity contribution in [3.8, 4) is 17.2 Å². The fourth-order valence-corrected chi connectivity index (χ4v) is 3.51. The van der Waals surface area contributed by atoms with Gasteiger partial charge >= 0.3 is 6.03 Å². The molecule has 4 rings (SSSR count). The molecule has 0 saturated heterocycles. The number of anilines is 2. The molecule has 3 aromatic rings. The molecule has 29 heavy (non-hydrogen) atoms. The molecule has 3 N–H and O–H groups in total. The van der Waals surface area contributed by atoms with Gasteiger partial charge in [0.1, 0.15) is 17.2 Å². The Bertz CT molecular complexity index is 989. The average molecular weight is 396 g/mol. The van der Waals surface area contributed by atoms with Crippen molar-refractivity contribution in [3.05, 3.63) is 36.4 Å². The number of carbonyl (C=O) groups excluding carboxylic acids is 1. The number of nitrogens with one attached hydrogen (secondary N) is 3. The fraction of sp³-hybridized carbons (Fsp3) is 0.333. The molecule has 1 aromatic heterocycles. The van der Waals surface area contributed by atoms with Crippen LogP contribution in [0.2, 0.25) is 0 Å². The Labute approximate surface area is 168 Å². The van der Waals surface area contributed by atoms with Crippen LogP contribution in [0.15, 0.2) is 36.4 Å². The van der Waals surface area contributed by atoms with Crippen molar-refractivity contribution in [3.63, 3.8) is 0 Å². The van der Waals surface area contributed by atoms with Crippen LogP contribution in [0.5, 0.6) is 17.2 Å². The molecule has 0 spiro atoms. The molecule has 1 aliphatic carbocycles. The summed E-state index contributed by atoms with van der Waals surface area (Å²) in [4.78, 5) is 12.5. The van der Waals surface area contributed by atoms with Gasteiger partial charge in [0.25, 0.3) is 0 Å². The number of rotatable bonds is 6. The Morgan fingerprint density at radius 3 is 2.41 bits per heavy atom. The van der Waals surface area contributed by atoms with Gasteiger partial charge in [0.2, 0.25) is 0 Å². The Kier molecular flexibility index (Phi) is 5.41. The van der Waals surface area contributed by atoms with E-state index in [2.05, 4.69) is 20.8 Å². The molecular weight excluding hydrogens is 372 g/mol. The first-order valence-electron chi connectivity index (χ1n) is 9.60. The highest BCUT2D eigenvalue weighted by molar-refractivity contribution is 6.04. The van der Waals surface area contributed by atoms with Crippen molar-refractivity contribution in [2.45, 2.75) is 31.8 Å². The van der Waals surface area contributed by atoms with Gasteiger partial charge in [-0.2, -0.15) is 5.10 Å². The molecule has 0 radical (unpaired) electrons. The van der Waals surface area contributed by atoms with Gasteiger partial charge in [-0.1, -0.05) is 0 Å². The largest absolute Gasteiger partial charge is 0.497 e. The van der Waals surface area contributed by atoms with Gasteiger partial charge in [0.15, 0.2) is 5.82 Å². The van der Waals surface area contributed by atoms with Crippen LogP contribution in [0.4, 0.5) is 16.3 Å². The summed E-state index contributed by atoms with van der Waals surface area (Å²) >= 11 is 0. The van der Waals surface area contributed by atoms with Crippen molar-refractivity contribution in [2.75, 3.05) is 24.9 Å². The highest BCUT2D eigenvalue weighted by atomic mass is 16.5. The number of hydrogen-bond donors (Lipinski definition) is 3. The molecule has 2 amide bonds. The standard InChI is InChI=1S/C21H24N4O4/c1-27-16-9-13(10-17(11-16)28-2)22-21(26)23-20-18-12-15(7-8-19(18)24-25-20)29-14-5-3-4-6-14/h7-12,14H,3-6H2,1-2H3,(H3,22,23,24,25,26). The lowest BCUT2D eigenvalue weighted by Crippen LogP contribution is -2.19. The van der Waals surface area contributed by atoms with Crippen LogP contribution in [0.3, 0.4) is 0 Å². The first-order valence-corrected chi connectivity index (χ1v) is 9.60. The van der Waals surface area contributed by atoms with Crippen LogP contribution in [0.25, 0.3) is 10.9 Å². The van der Waals surface area contributed by atoms with E-state index in [1.807, 2.05) is 18.2 Å². The molecule has 8 heteroatoms. The summed E-state index contributed by atoms with van der Waals surface area (Å²) in [6.07, 6.45) is 4.85. The molecule has 152 valence electrons. The Morgan fingerprint density at radius 2 is 1.72 bits per heavy atom. The number of amides is 2. The Morgan fingerprint density at radius 1 is 1.00 bits per heavy atom.